The number of likely N-dealkylation sites (N-methyl/N-ethyl adjacent to an activating group) is 1. The number of carbonyl (C=O) groups is 1. The van der Waals surface area contributed by atoms with E-state index in [1.54, 1.807) is 4.57 Å². The Morgan fingerprint density at radius 3 is 2.44 bits per heavy atom. The van der Waals surface area contributed by atoms with E-state index in [-0.39, 0.29) is 18.4 Å². The lowest BCUT2D eigenvalue weighted by atomic mass is 10.0. The first-order valence-electron chi connectivity index (χ1n) is 9.98. The number of aliphatic hydroxyl groups is 1. The van der Waals surface area contributed by atoms with Crippen molar-refractivity contribution in [2.75, 3.05) is 46.3 Å². The van der Waals surface area contributed by atoms with Gasteiger partial charge >= 0.3 is 0 Å². The van der Waals surface area contributed by atoms with Crippen LogP contribution in [0.15, 0.2) is 6.20 Å². The molecular formula is C19H32ClN5O2. The molecule has 1 unspecified atom stereocenters. The number of halogens is 1. The highest BCUT2D eigenvalue weighted by Gasteiger charge is 2.30. The van der Waals surface area contributed by atoms with Crippen LogP contribution in [-0.4, -0.2) is 87.6 Å². The number of rotatable bonds is 5. The number of imidazole rings is 1. The summed E-state index contributed by atoms with van der Waals surface area (Å²) in [6, 6.07) is 0.658. The van der Waals surface area contributed by atoms with Gasteiger partial charge in [-0.15, -0.1) is 0 Å². The Hall–Kier alpha value is -1.15. The molecule has 2 aliphatic heterocycles. The molecule has 27 heavy (non-hydrogen) atoms. The van der Waals surface area contributed by atoms with Crippen LogP contribution in [0.25, 0.3) is 0 Å². The summed E-state index contributed by atoms with van der Waals surface area (Å²) in [5.41, 5.74) is 0. The molecule has 1 amide bonds. The van der Waals surface area contributed by atoms with Crippen molar-refractivity contribution < 1.29 is 9.90 Å². The largest absolute Gasteiger partial charge is 0.385 e. The summed E-state index contributed by atoms with van der Waals surface area (Å²) in [7, 11) is 2.17. The maximum Gasteiger partial charge on any atom is 0.225 e. The molecular weight excluding hydrogens is 366 g/mol. The summed E-state index contributed by atoms with van der Waals surface area (Å²) >= 11 is 6.15. The zero-order valence-electron chi connectivity index (χ0n) is 16.6. The summed E-state index contributed by atoms with van der Waals surface area (Å²) < 4.78 is 1.78. The molecule has 1 atom stereocenters. The van der Waals surface area contributed by atoms with Gasteiger partial charge in [0.05, 0.1) is 12.6 Å². The van der Waals surface area contributed by atoms with Crippen molar-refractivity contribution in [2.24, 2.45) is 0 Å². The van der Waals surface area contributed by atoms with E-state index in [1.807, 2.05) is 18.7 Å². The fourth-order valence-electron chi connectivity index (χ4n) is 4.16. The topological polar surface area (TPSA) is 64.8 Å². The van der Waals surface area contributed by atoms with Gasteiger partial charge in [0, 0.05) is 51.4 Å². The highest BCUT2D eigenvalue weighted by molar-refractivity contribution is 6.29. The summed E-state index contributed by atoms with van der Waals surface area (Å²) in [6.07, 6.45) is 2.68. The summed E-state index contributed by atoms with van der Waals surface area (Å²) in [4.78, 5) is 23.7. The van der Waals surface area contributed by atoms with Gasteiger partial charge in [0.15, 0.2) is 0 Å². The van der Waals surface area contributed by atoms with E-state index in [4.69, 9.17) is 11.6 Å². The van der Waals surface area contributed by atoms with Crippen LogP contribution in [0.4, 0.5) is 0 Å². The number of aromatic nitrogens is 2. The molecule has 0 bridgehead atoms. The van der Waals surface area contributed by atoms with Gasteiger partial charge in [-0.2, -0.15) is 0 Å². The van der Waals surface area contributed by atoms with Crippen LogP contribution in [0, 0.1) is 0 Å². The highest BCUT2D eigenvalue weighted by Crippen LogP contribution is 2.26. The van der Waals surface area contributed by atoms with Crippen LogP contribution >= 0.6 is 11.6 Å². The Morgan fingerprint density at radius 2 is 1.85 bits per heavy atom. The maximum atomic E-state index is 12.7. The lowest BCUT2D eigenvalue weighted by molar-refractivity contribution is -0.135. The van der Waals surface area contributed by atoms with Crippen LogP contribution in [-0.2, 0) is 4.79 Å². The highest BCUT2D eigenvalue weighted by atomic mass is 35.5. The van der Waals surface area contributed by atoms with Crippen LogP contribution in [0.1, 0.15) is 51.1 Å². The fourth-order valence-corrected chi connectivity index (χ4v) is 4.49. The van der Waals surface area contributed by atoms with Crippen molar-refractivity contribution in [2.45, 2.75) is 51.3 Å². The number of carbonyl (C=O) groups excluding carboxylic acids is 1. The van der Waals surface area contributed by atoms with Gasteiger partial charge in [-0.25, -0.2) is 4.98 Å². The van der Waals surface area contributed by atoms with Gasteiger partial charge in [0.25, 0.3) is 0 Å². The van der Waals surface area contributed by atoms with Crippen molar-refractivity contribution >= 4 is 17.5 Å². The monoisotopic (exact) mass is 397 g/mol. The lowest BCUT2D eigenvalue weighted by Crippen LogP contribution is -2.53. The second kappa shape index (κ2) is 8.90. The van der Waals surface area contributed by atoms with Gasteiger partial charge in [-0.3, -0.25) is 9.69 Å². The third-order valence-electron chi connectivity index (χ3n) is 5.83. The van der Waals surface area contributed by atoms with E-state index < -0.39 is 6.10 Å². The van der Waals surface area contributed by atoms with Crippen molar-refractivity contribution in [3.63, 3.8) is 0 Å². The molecule has 3 rings (SSSR count). The molecule has 0 aromatic carbocycles. The molecule has 3 heterocycles. The van der Waals surface area contributed by atoms with Gasteiger partial charge in [0.2, 0.25) is 5.91 Å². The molecule has 1 aromatic rings. The average molecular weight is 398 g/mol. The van der Waals surface area contributed by atoms with Gasteiger partial charge in [-0.1, -0.05) is 11.6 Å². The fraction of sp³-hybridized carbons (Fsp3) is 0.789. The Morgan fingerprint density at radius 1 is 1.22 bits per heavy atom. The number of amides is 1. The van der Waals surface area contributed by atoms with E-state index in [0.717, 1.165) is 52.1 Å². The third kappa shape index (κ3) is 4.83. The van der Waals surface area contributed by atoms with Gasteiger partial charge in [0.1, 0.15) is 17.1 Å². The van der Waals surface area contributed by atoms with Gasteiger partial charge < -0.3 is 19.5 Å². The van der Waals surface area contributed by atoms with Crippen molar-refractivity contribution in [3.05, 3.63) is 17.2 Å². The van der Waals surface area contributed by atoms with Crippen LogP contribution < -0.4 is 0 Å². The second-order valence-corrected chi connectivity index (χ2v) is 8.46. The van der Waals surface area contributed by atoms with Crippen molar-refractivity contribution in [3.8, 4) is 0 Å². The zero-order chi connectivity index (χ0) is 19.6. The molecule has 7 nitrogen and oxygen atoms in total. The predicted octanol–water partition coefficient (Wildman–Crippen LogP) is 1.78. The SMILES string of the molecule is CC(C)n1c(Cl)cnc1C(O)CC(=O)N1CCC(N2CCN(C)CC2)CC1. The number of nitrogens with zero attached hydrogens (tertiary/aromatic N) is 5. The Balaban J connectivity index is 1.51. The number of piperidine rings is 1. The van der Waals surface area contributed by atoms with Crippen LogP contribution in [0.5, 0.6) is 0 Å². The third-order valence-corrected chi connectivity index (χ3v) is 6.11. The predicted molar refractivity (Wildman–Crippen MR) is 106 cm³/mol. The van der Waals surface area contributed by atoms with Crippen molar-refractivity contribution in [1.29, 1.82) is 0 Å². The smallest absolute Gasteiger partial charge is 0.225 e. The molecule has 0 spiro atoms. The standard InChI is InChI=1S/C19H32ClN5O2/c1-14(2)25-17(20)13-21-19(25)16(26)12-18(27)24-6-4-15(5-7-24)23-10-8-22(3)9-11-23/h13-16,26H,4-12H2,1-3H3. The number of hydrogen-bond donors (Lipinski definition) is 1. The average Bonchev–Trinajstić information content (AvgIpc) is 3.04. The second-order valence-electron chi connectivity index (χ2n) is 8.07. The molecule has 2 aliphatic rings. The van der Waals surface area contributed by atoms with E-state index >= 15 is 0 Å². The molecule has 0 radical (unpaired) electrons. The first-order valence-corrected chi connectivity index (χ1v) is 10.4. The molecule has 0 aliphatic carbocycles. The van der Waals surface area contributed by atoms with Crippen molar-refractivity contribution in [1.82, 2.24) is 24.3 Å². The minimum absolute atomic E-state index is 0.00578. The zero-order valence-corrected chi connectivity index (χ0v) is 17.4. The first kappa shape index (κ1) is 20.6. The quantitative estimate of drug-likeness (QED) is 0.820. The number of hydrogen-bond acceptors (Lipinski definition) is 5. The number of piperazine rings is 1. The minimum atomic E-state index is -0.928. The number of likely N-dealkylation sites (tertiary alicyclic amines) is 1. The van der Waals surface area contributed by atoms with E-state index in [1.165, 1.54) is 6.20 Å². The van der Waals surface area contributed by atoms with Gasteiger partial charge in [-0.05, 0) is 33.7 Å². The Labute approximate surface area is 166 Å². The normalized spacial score (nSPS) is 21.8. The number of aliphatic hydroxyl groups excluding tert-OH is 1. The molecule has 0 saturated carbocycles. The first-order chi connectivity index (χ1) is 12.9. The molecule has 2 fully saturated rings. The minimum Gasteiger partial charge on any atom is -0.385 e. The van der Waals surface area contributed by atoms with E-state index in [9.17, 15) is 9.90 Å². The maximum absolute atomic E-state index is 12.7. The molecule has 2 saturated heterocycles. The Bertz CT molecular complexity index is 634. The molecule has 1 N–H and O–H groups in total. The van der Waals surface area contributed by atoms with E-state index in [0.29, 0.717) is 17.0 Å². The van der Waals surface area contributed by atoms with E-state index in [2.05, 4.69) is 21.8 Å². The summed E-state index contributed by atoms with van der Waals surface area (Å²) in [5.74, 6) is 0.462. The summed E-state index contributed by atoms with van der Waals surface area (Å²) in [6.45, 7) is 9.97. The van der Waals surface area contributed by atoms with Crippen LogP contribution in [0.3, 0.4) is 0 Å². The Kier molecular flexibility index (Phi) is 6.78. The van der Waals surface area contributed by atoms with Crippen LogP contribution in [0.2, 0.25) is 5.15 Å². The molecule has 1 aromatic heterocycles. The molecule has 152 valence electrons. The summed E-state index contributed by atoms with van der Waals surface area (Å²) in [5, 5.41) is 11.0. The molecule has 8 heteroatoms. The lowest BCUT2D eigenvalue weighted by Gasteiger charge is -2.42.